The number of pyridine rings is 1. The van der Waals surface area contributed by atoms with Crippen LogP contribution in [0, 0.1) is 20.8 Å². The summed E-state index contributed by atoms with van der Waals surface area (Å²) in [5, 5.41) is 10.8. The van der Waals surface area contributed by atoms with Crippen LogP contribution in [0.25, 0.3) is 16.9 Å². The van der Waals surface area contributed by atoms with E-state index in [1.165, 1.54) is 0 Å². The molecular formula is C28H31N5O3. The monoisotopic (exact) mass is 485 g/mol. The molecule has 0 fully saturated rings. The van der Waals surface area contributed by atoms with Crippen molar-refractivity contribution in [1.82, 2.24) is 19.7 Å². The number of hydrogen-bond acceptors (Lipinski definition) is 4. The highest BCUT2D eigenvalue weighted by molar-refractivity contribution is 5.90. The smallest absolute Gasteiger partial charge is 0.320 e. The number of methoxy groups -OCH3 is 1. The summed E-state index contributed by atoms with van der Waals surface area (Å²) in [5.74, 6) is 0.560. The van der Waals surface area contributed by atoms with Crippen LogP contribution < -0.4 is 16.2 Å². The largest absolute Gasteiger partial charge is 0.380 e. The molecule has 2 N–H and O–H groups in total. The number of aryl methyl sites for hydroxylation is 3. The van der Waals surface area contributed by atoms with Crippen LogP contribution >= 0.6 is 0 Å². The zero-order chi connectivity index (χ0) is 25.8. The summed E-state index contributed by atoms with van der Waals surface area (Å²) >= 11 is 0. The predicted octanol–water partition coefficient (Wildman–Crippen LogP) is 4.63. The Balaban J connectivity index is 1.65. The fraction of sp³-hybridized carbons (Fsp3) is 0.250. The lowest BCUT2D eigenvalue weighted by atomic mass is 10.1. The molecule has 8 heteroatoms. The van der Waals surface area contributed by atoms with Crippen molar-refractivity contribution >= 4 is 11.8 Å². The normalized spacial score (nSPS) is 10.9. The lowest BCUT2D eigenvalue weighted by Gasteiger charge is -2.13. The van der Waals surface area contributed by atoms with E-state index < -0.39 is 0 Å². The van der Waals surface area contributed by atoms with Gasteiger partial charge in [0.05, 0.1) is 18.0 Å². The second kappa shape index (κ2) is 10.6. The van der Waals surface area contributed by atoms with Gasteiger partial charge in [-0.1, -0.05) is 36.4 Å². The van der Waals surface area contributed by atoms with E-state index in [0.29, 0.717) is 30.2 Å². The zero-order valence-electron chi connectivity index (χ0n) is 21.3. The average Bonchev–Trinajstić information content (AvgIpc) is 3.19. The summed E-state index contributed by atoms with van der Waals surface area (Å²) in [7, 11) is 3.38. The van der Waals surface area contributed by atoms with Gasteiger partial charge in [-0.25, -0.2) is 9.48 Å². The second-order valence-electron chi connectivity index (χ2n) is 8.90. The number of nitrogens with zero attached hydrogens (tertiary/aromatic N) is 3. The molecule has 36 heavy (non-hydrogen) atoms. The Morgan fingerprint density at radius 3 is 2.47 bits per heavy atom. The summed E-state index contributed by atoms with van der Waals surface area (Å²) in [4.78, 5) is 25.2. The number of carbonyl (C=O) groups is 1. The maximum absolute atomic E-state index is 13.0. The molecule has 0 atom stereocenters. The quantitative estimate of drug-likeness (QED) is 0.399. The molecule has 0 radical (unpaired) electrons. The molecule has 0 bridgehead atoms. The number of anilines is 1. The Morgan fingerprint density at radius 2 is 1.78 bits per heavy atom. The second-order valence-corrected chi connectivity index (χ2v) is 8.90. The Morgan fingerprint density at radius 1 is 1.03 bits per heavy atom. The van der Waals surface area contributed by atoms with Gasteiger partial charge in [0.2, 0.25) is 0 Å². The van der Waals surface area contributed by atoms with Gasteiger partial charge in [0.1, 0.15) is 5.82 Å². The van der Waals surface area contributed by atoms with E-state index in [1.54, 1.807) is 36.5 Å². The molecule has 0 aliphatic carbocycles. The molecule has 2 amide bonds. The van der Waals surface area contributed by atoms with Crippen molar-refractivity contribution in [2.45, 2.75) is 33.9 Å². The van der Waals surface area contributed by atoms with Crippen LogP contribution in [-0.2, 0) is 24.9 Å². The van der Waals surface area contributed by atoms with Crippen LogP contribution in [0.3, 0.4) is 0 Å². The zero-order valence-corrected chi connectivity index (χ0v) is 21.3. The third-order valence-corrected chi connectivity index (χ3v) is 6.15. The van der Waals surface area contributed by atoms with Gasteiger partial charge in [-0.05, 0) is 55.7 Å². The molecular weight excluding hydrogens is 454 g/mol. The Labute approximate surface area is 210 Å². The fourth-order valence-corrected chi connectivity index (χ4v) is 4.18. The minimum atomic E-state index is -0.338. The SMILES string of the molecule is COCc1ccc(C)c(CNC(=O)Nc2c(C)c(-c3cc(C)c(=O)n(C)c3)nn2-c2ccccc2)c1. The maximum Gasteiger partial charge on any atom is 0.320 e. The van der Waals surface area contributed by atoms with E-state index in [-0.39, 0.29) is 11.6 Å². The molecule has 8 nitrogen and oxygen atoms in total. The highest BCUT2D eigenvalue weighted by Crippen LogP contribution is 2.30. The molecule has 4 aromatic rings. The van der Waals surface area contributed by atoms with Crippen LogP contribution in [0.5, 0.6) is 0 Å². The van der Waals surface area contributed by atoms with E-state index in [0.717, 1.165) is 33.5 Å². The molecule has 186 valence electrons. The van der Waals surface area contributed by atoms with E-state index in [4.69, 9.17) is 9.84 Å². The van der Waals surface area contributed by atoms with Gasteiger partial charge in [-0.15, -0.1) is 0 Å². The number of carbonyl (C=O) groups excluding carboxylic acids is 1. The van der Waals surface area contributed by atoms with Gasteiger partial charge in [-0.3, -0.25) is 10.1 Å². The number of amides is 2. The van der Waals surface area contributed by atoms with Gasteiger partial charge in [-0.2, -0.15) is 5.10 Å². The first-order chi connectivity index (χ1) is 17.3. The van der Waals surface area contributed by atoms with Gasteiger partial charge in [0.15, 0.2) is 0 Å². The summed E-state index contributed by atoms with van der Waals surface area (Å²) in [6, 6.07) is 17.2. The van der Waals surface area contributed by atoms with Crippen molar-refractivity contribution in [3.8, 4) is 16.9 Å². The first-order valence-corrected chi connectivity index (χ1v) is 11.7. The summed E-state index contributed by atoms with van der Waals surface area (Å²) in [6.07, 6.45) is 1.76. The molecule has 2 aromatic carbocycles. The van der Waals surface area contributed by atoms with Crippen molar-refractivity contribution in [3.05, 3.63) is 99.0 Å². The molecule has 2 heterocycles. The highest BCUT2D eigenvalue weighted by Gasteiger charge is 2.20. The molecule has 0 aliphatic rings. The number of para-hydroxylation sites is 1. The first kappa shape index (κ1) is 24.9. The van der Waals surface area contributed by atoms with Gasteiger partial charge >= 0.3 is 6.03 Å². The summed E-state index contributed by atoms with van der Waals surface area (Å²) in [6.45, 7) is 6.60. The molecule has 0 saturated carbocycles. The Hall–Kier alpha value is -4.17. The standard InChI is InChI=1S/C28H31N5O3/c1-18-11-12-21(17-36-5)14-22(18)15-29-28(35)30-26-20(3)25(23-13-19(2)27(34)32(4)16-23)31-33(26)24-9-7-6-8-10-24/h6-14,16H,15,17H2,1-5H3,(H2,29,30,35). The minimum Gasteiger partial charge on any atom is -0.380 e. The highest BCUT2D eigenvalue weighted by atomic mass is 16.5. The molecule has 0 aliphatic heterocycles. The number of aromatic nitrogens is 3. The van der Waals surface area contributed by atoms with Crippen molar-refractivity contribution in [2.24, 2.45) is 7.05 Å². The van der Waals surface area contributed by atoms with Crippen LogP contribution in [0.15, 0.2) is 65.6 Å². The number of rotatable bonds is 7. The lowest BCUT2D eigenvalue weighted by molar-refractivity contribution is 0.185. The Kier molecular flexibility index (Phi) is 7.36. The fourth-order valence-electron chi connectivity index (χ4n) is 4.18. The van der Waals surface area contributed by atoms with Gasteiger partial charge in [0.25, 0.3) is 5.56 Å². The Bertz CT molecular complexity index is 1430. The van der Waals surface area contributed by atoms with Crippen molar-refractivity contribution in [3.63, 3.8) is 0 Å². The molecule has 0 spiro atoms. The molecule has 4 rings (SSSR count). The average molecular weight is 486 g/mol. The third-order valence-electron chi connectivity index (χ3n) is 6.15. The number of hydrogen-bond donors (Lipinski definition) is 2. The van der Waals surface area contributed by atoms with Crippen LogP contribution in [0.1, 0.15) is 27.8 Å². The molecule has 2 aromatic heterocycles. The third kappa shape index (κ3) is 5.23. The van der Waals surface area contributed by atoms with Crippen molar-refractivity contribution in [2.75, 3.05) is 12.4 Å². The topological polar surface area (TPSA) is 90.2 Å². The van der Waals surface area contributed by atoms with Crippen molar-refractivity contribution < 1.29 is 9.53 Å². The lowest BCUT2D eigenvalue weighted by Crippen LogP contribution is -2.29. The van der Waals surface area contributed by atoms with Crippen LogP contribution in [0.4, 0.5) is 10.6 Å². The van der Waals surface area contributed by atoms with E-state index in [2.05, 4.69) is 10.6 Å². The van der Waals surface area contributed by atoms with Gasteiger partial charge in [0, 0.05) is 43.6 Å². The first-order valence-electron chi connectivity index (χ1n) is 11.7. The number of benzene rings is 2. The minimum absolute atomic E-state index is 0.0542. The molecule has 0 saturated heterocycles. The van der Waals surface area contributed by atoms with Crippen LogP contribution in [-0.4, -0.2) is 27.5 Å². The number of nitrogens with one attached hydrogen (secondary N) is 2. The van der Waals surface area contributed by atoms with Gasteiger partial charge < -0.3 is 14.6 Å². The van der Waals surface area contributed by atoms with E-state index in [1.807, 2.05) is 68.4 Å². The predicted molar refractivity (Wildman–Crippen MR) is 141 cm³/mol. The maximum atomic E-state index is 13.0. The van der Waals surface area contributed by atoms with Crippen molar-refractivity contribution in [1.29, 1.82) is 0 Å². The van der Waals surface area contributed by atoms with E-state index in [9.17, 15) is 9.59 Å². The number of urea groups is 1. The molecule has 0 unspecified atom stereocenters. The summed E-state index contributed by atoms with van der Waals surface area (Å²) in [5.41, 5.74) is 6.84. The number of ether oxygens (including phenoxy) is 1. The van der Waals surface area contributed by atoms with E-state index >= 15 is 0 Å². The van der Waals surface area contributed by atoms with Crippen LogP contribution in [0.2, 0.25) is 0 Å². The summed E-state index contributed by atoms with van der Waals surface area (Å²) < 4.78 is 8.49.